The van der Waals surface area contributed by atoms with E-state index < -0.39 is 21.4 Å². The maximum atomic E-state index is 8.88. The van der Waals surface area contributed by atoms with Crippen molar-refractivity contribution in [3.63, 3.8) is 0 Å². The van der Waals surface area contributed by atoms with E-state index >= 15 is 0 Å². The molecule has 0 radical (unpaired) electrons. The van der Waals surface area contributed by atoms with Crippen LogP contribution >= 0.6 is 7.82 Å². The summed E-state index contributed by atoms with van der Waals surface area (Å²) in [6.45, 7) is 0. The summed E-state index contributed by atoms with van der Waals surface area (Å²) >= 11 is -5.75. The Kier molecular flexibility index (Phi) is 11.4. The molecule has 0 heterocycles. The van der Waals surface area contributed by atoms with Crippen LogP contribution in [-0.4, -0.2) is 52.4 Å². The fraction of sp³-hybridized carbons (Fsp3) is 0. The molecule has 0 aliphatic heterocycles. The molecule has 0 aromatic heterocycles. The molecule has 8 nitrogen and oxygen atoms in total. The normalized spacial score (nSPS) is 10.6. The zero-order valence-electron chi connectivity index (χ0n) is 4.95. The first-order valence-corrected chi connectivity index (χ1v) is 5.10. The first-order chi connectivity index (χ1) is 4.00. The van der Waals surface area contributed by atoms with Gasteiger partial charge in [-0.25, -0.2) is 4.57 Å². The van der Waals surface area contributed by atoms with Gasteiger partial charge in [-0.1, -0.05) is 0 Å². The van der Waals surface area contributed by atoms with Crippen LogP contribution in [0.15, 0.2) is 0 Å². The van der Waals surface area contributed by atoms with E-state index in [4.69, 9.17) is 35.2 Å². The van der Waals surface area contributed by atoms with Crippen molar-refractivity contribution in [1.82, 2.24) is 0 Å². The minimum atomic E-state index is -5.75. The molecule has 0 fully saturated rings. The van der Waals surface area contributed by atoms with Crippen molar-refractivity contribution in [2.75, 3.05) is 0 Å². The van der Waals surface area contributed by atoms with Gasteiger partial charge in [0, 0.05) is 0 Å². The molecule has 11 heavy (non-hydrogen) atoms. The van der Waals surface area contributed by atoms with Crippen molar-refractivity contribution in [2.24, 2.45) is 0 Å². The number of rotatable bonds is 0. The first kappa shape index (κ1) is 18.3. The van der Waals surface area contributed by atoms with Crippen LogP contribution in [0.3, 0.4) is 0 Å². The summed E-state index contributed by atoms with van der Waals surface area (Å²) < 4.78 is 43.3. The van der Waals surface area contributed by atoms with Gasteiger partial charge in [0.2, 0.25) is 0 Å². The monoisotopic (exact) mass is 254 g/mol. The van der Waals surface area contributed by atoms with E-state index in [0.717, 1.165) is 0 Å². The maximum absolute atomic E-state index is 8.88. The van der Waals surface area contributed by atoms with Crippen LogP contribution in [0.4, 0.5) is 0 Å². The van der Waals surface area contributed by atoms with E-state index in [0.29, 0.717) is 0 Å². The van der Waals surface area contributed by atoms with E-state index in [2.05, 4.69) is 0 Å². The van der Waals surface area contributed by atoms with E-state index in [1.54, 1.807) is 0 Å². The molecule has 0 aliphatic rings. The third-order valence-corrected chi connectivity index (χ3v) is 0. The molecular weight excluding hydrogens is 251 g/mol. The van der Waals surface area contributed by atoms with Gasteiger partial charge in [-0.2, -0.15) is 0 Å². The molecule has 0 unspecified atom stereocenters. The van der Waals surface area contributed by atoms with Crippen LogP contribution in [-0.2, 0) is 25.8 Å². The topological polar surface area (TPSA) is 158 Å². The Bertz CT molecular complexity index is 192. The Hall–Kier alpha value is 1.42. The summed E-state index contributed by atoms with van der Waals surface area (Å²) in [5, 5.41) is 0. The Morgan fingerprint density at radius 1 is 1.09 bits per heavy atom. The number of hydrogen-bond acceptors (Lipinski definition) is 5. The molecule has 0 aromatic carbocycles. The Morgan fingerprint density at radius 2 is 1.09 bits per heavy atom. The van der Waals surface area contributed by atoms with Crippen LogP contribution in [0.25, 0.3) is 0 Å². The number of hydrogen-bond donors (Lipinski definition) is 3. The Balaban J connectivity index is -0.000000107. The molecule has 0 spiro atoms. The fourth-order valence-corrected chi connectivity index (χ4v) is 0. The average Bonchev–Trinajstić information content (AvgIpc) is 1.12. The Morgan fingerprint density at radius 3 is 1.09 bits per heavy atom. The molecule has 0 amide bonds. The third-order valence-electron chi connectivity index (χ3n) is 0. The molecule has 0 atom stereocenters. The molecule has 11 heteroatoms. The summed E-state index contributed by atoms with van der Waals surface area (Å²) in [5.41, 5.74) is 0. The van der Waals surface area contributed by atoms with Gasteiger partial charge in [0.15, 0.2) is 0 Å². The molecular formula is H3CaCrO8P. The van der Waals surface area contributed by atoms with Crippen molar-refractivity contribution in [2.45, 2.75) is 0 Å². The van der Waals surface area contributed by atoms with Crippen molar-refractivity contribution in [3.05, 3.63) is 0 Å². The van der Waals surface area contributed by atoms with Crippen LogP contribution in [0.1, 0.15) is 0 Å². The van der Waals surface area contributed by atoms with Gasteiger partial charge >= 0.3 is 75.1 Å². The minimum absolute atomic E-state index is 0. The molecule has 0 saturated heterocycles. The van der Waals surface area contributed by atoms with Crippen molar-refractivity contribution in [3.8, 4) is 0 Å². The number of phosphoric acid groups is 1. The molecule has 64 valence electrons. The summed E-state index contributed by atoms with van der Waals surface area (Å²) in [6.07, 6.45) is 0. The van der Waals surface area contributed by atoms with E-state index in [1.807, 2.05) is 0 Å². The quantitative estimate of drug-likeness (QED) is 0.292. The molecule has 0 saturated carbocycles. The molecule has 0 aliphatic carbocycles. The van der Waals surface area contributed by atoms with E-state index in [-0.39, 0.29) is 37.7 Å². The van der Waals surface area contributed by atoms with Crippen LogP contribution in [0, 0.1) is 0 Å². The summed E-state index contributed by atoms with van der Waals surface area (Å²) in [4.78, 5) is 21.6. The molecule has 3 N–H and O–H groups in total. The predicted molar refractivity (Wildman–Crippen MR) is 21.4 cm³/mol. The fourth-order valence-electron chi connectivity index (χ4n) is 0. The third kappa shape index (κ3) is 501. The van der Waals surface area contributed by atoms with E-state index in [1.165, 1.54) is 0 Å². The van der Waals surface area contributed by atoms with Crippen molar-refractivity contribution >= 4 is 45.6 Å². The van der Waals surface area contributed by atoms with E-state index in [9.17, 15) is 0 Å². The summed E-state index contributed by atoms with van der Waals surface area (Å²) in [6, 6.07) is 0. The summed E-state index contributed by atoms with van der Waals surface area (Å²) in [5.74, 6) is 0. The van der Waals surface area contributed by atoms with Crippen LogP contribution in [0.2, 0.25) is 0 Å². The summed E-state index contributed by atoms with van der Waals surface area (Å²) in [7, 11) is -4.64. The van der Waals surface area contributed by atoms with Crippen molar-refractivity contribution < 1.29 is 48.8 Å². The van der Waals surface area contributed by atoms with Gasteiger partial charge in [-0.15, -0.1) is 0 Å². The van der Waals surface area contributed by atoms with Gasteiger partial charge in [0.05, 0.1) is 0 Å². The van der Waals surface area contributed by atoms with Gasteiger partial charge in [-0.3, -0.25) is 0 Å². The molecule has 0 rings (SSSR count). The second kappa shape index (κ2) is 6.89. The second-order valence-corrected chi connectivity index (χ2v) is 3.22. The van der Waals surface area contributed by atoms with Gasteiger partial charge in [0.1, 0.15) is 0 Å². The SMILES string of the molecule is O=P(O)(O)O.[Ca+2].[O]=[Cr](=[O])([O-])[O-]. The van der Waals surface area contributed by atoms with Crippen LogP contribution in [0.5, 0.6) is 0 Å². The van der Waals surface area contributed by atoms with Gasteiger partial charge in [-0.05, 0) is 0 Å². The molecule has 0 bridgehead atoms. The average molecular weight is 254 g/mol. The molecule has 0 aromatic rings. The second-order valence-electron chi connectivity index (χ2n) is 0.922. The Labute approximate surface area is 93.5 Å². The van der Waals surface area contributed by atoms with Gasteiger partial charge < -0.3 is 14.7 Å². The standard InChI is InChI=1S/Ca.Cr.H3O4P.4O/c;;1-5(2,3)4;;;;/h;;(H3,1,2,3,4);;;;/q+2;;;;;2*-1. The van der Waals surface area contributed by atoms with Gasteiger partial charge in [0.25, 0.3) is 0 Å². The van der Waals surface area contributed by atoms with Crippen molar-refractivity contribution in [1.29, 1.82) is 0 Å². The zero-order chi connectivity index (χ0) is 9.00. The first-order valence-electron chi connectivity index (χ1n) is 1.45. The van der Waals surface area contributed by atoms with Crippen LogP contribution < -0.4 is 8.32 Å². The predicted octanol–water partition coefficient (Wildman–Crippen LogP) is -3.93. The zero-order valence-corrected chi connectivity index (χ0v) is 9.32.